The molecule has 0 aromatic rings. The van der Waals surface area contributed by atoms with E-state index in [1.54, 1.807) is 0 Å². The Morgan fingerprint density at radius 3 is 2.19 bits per heavy atom. The number of nitrogens with zero attached hydrogens (tertiary/aromatic N) is 1. The summed E-state index contributed by atoms with van der Waals surface area (Å²) in [7, 11) is 0. The molecule has 0 aromatic heterocycles. The molecule has 2 nitrogen and oxygen atoms in total. The number of hydrogen-bond acceptors (Lipinski definition) is 1. The molecule has 16 heavy (non-hydrogen) atoms. The van der Waals surface area contributed by atoms with Gasteiger partial charge in [0.25, 0.3) is 0 Å². The minimum absolute atomic E-state index is 0.0631. The predicted octanol–water partition coefficient (Wildman–Crippen LogP) is 3.32. The van der Waals surface area contributed by atoms with Crippen LogP contribution in [0.25, 0.3) is 0 Å². The Hall–Kier alpha value is -0.530. The average molecular weight is 225 g/mol. The van der Waals surface area contributed by atoms with Gasteiger partial charge in [-0.1, -0.05) is 34.6 Å². The van der Waals surface area contributed by atoms with E-state index in [2.05, 4.69) is 46.4 Å². The topological polar surface area (TPSA) is 20.3 Å². The summed E-state index contributed by atoms with van der Waals surface area (Å²) in [6.45, 7) is 14.0. The van der Waals surface area contributed by atoms with Gasteiger partial charge in [0.2, 0.25) is 5.91 Å². The smallest absolute Gasteiger partial charge is 0.226 e. The molecule has 1 aliphatic rings. The molecule has 1 fully saturated rings. The largest absolute Gasteiger partial charge is 0.340 e. The van der Waals surface area contributed by atoms with Crippen LogP contribution >= 0.6 is 0 Å². The van der Waals surface area contributed by atoms with E-state index in [0.717, 1.165) is 6.54 Å². The predicted molar refractivity (Wildman–Crippen MR) is 68.2 cm³/mol. The van der Waals surface area contributed by atoms with Crippen LogP contribution in [0.15, 0.2) is 0 Å². The molecule has 1 amide bonds. The highest BCUT2D eigenvalue weighted by atomic mass is 16.2. The fourth-order valence-electron chi connectivity index (χ4n) is 3.09. The van der Waals surface area contributed by atoms with E-state index in [1.165, 1.54) is 12.8 Å². The minimum Gasteiger partial charge on any atom is -0.340 e. The van der Waals surface area contributed by atoms with Crippen molar-refractivity contribution in [2.75, 3.05) is 6.54 Å². The molecule has 94 valence electrons. The van der Waals surface area contributed by atoms with E-state index in [0.29, 0.717) is 17.9 Å². The molecule has 0 bridgehead atoms. The SMILES string of the molecule is CC(C)C(C(=O)N1CCCC1C)C(C)(C)C. The summed E-state index contributed by atoms with van der Waals surface area (Å²) in [6.07, 6.45) is 2.34. The third kappa shape index (κ3) is 2.78. The molecule has 1 saturated heterocycles. The van der Waals surface area contributed by atoms with Crippen molar-refractivity contribution in [3.8, 4) is 0 Å². The van der Waals surface area contributed by atoms with Crippen LogP contribution in [0.1, 0.15) is 54.4 Å². The number of hydrogen-bond donors (Lipinski definition) is 0. The van der Waals surface area contributed by atoms with Gasteiger partial charge in [-0.3, -0.25) is 4.79 Å². The summed E-state index contributed by atoms with van der Waals surface area (Å²) in [6, 6.07) is 0.441. The number of rotatable bonds is 2. The second kappa shape index (κ2) is 4.77. The fourth-order valence-corrected chi connectivity index (χ4v) is 3.09. The lowest BCUT2D eigenvalue weighted by Gasteiger charge is -2.37. The van der Waals surface area contributed by atoms with Gasteiger partial charge in [0, 0.05) is 18.5 Å². The van der Waals surface area contributed by atoms with Gasteiger partial charge in [-0.2, -0.15) is 0 Å². The zero-order chi connectivity index (χ0) is 12.5. The number of likely N-dealkylation sites (tertiary alicyclic amines) is 1. The number of carbonyl (C=O) groups is 1. The average Bonchev–Trinajstić information content (AvgIpc) is 2.47. The normalized spacial score (nSPS) is 23.9. The maximum atomic E-state index is 12.6. The molecular weight excluding hydrogens is 198 g/mol. The van der Waals surface area contributed by atoms with Crippen LogP contribution < -0.4 is 0 Å². The monoisotopic (exact) mass is 225 g/mol. The van der Waals surface area contributed by atoms with E-state index in [4.69, 9.17) is 0 Å². The Morgan fingerprint density at radius 1 is 1.31 bits per heavy atom. The maximum absolute atomic E-state index is 12.6. The van der Waals surface area contributed by atoms with Gasteiger partial charge >= 0.3 is 0 Å². The maximum Gasteiger partial charge on any atom is 0.226 e. The Labute approximate surface area is 100 Å². The Morgan fingerprint density at radius 2 is 1.88 bits per heavy atom. The summed E-state index contributed by atoms with van der Waals surface area (Å²) in [5, 5.41) is 0. The van der Waals surface area contributed by atoms with Crippen molar-refractivity contribution < 1.29 is 4.79 Å². The van der Waals surface area contributed by atoms with E-state index >= 15 is 0 Å². The third-order valence-corrected chi connectivity index (χ3v) is 3.70. The highest BCUT2D eigenvalue weighted by molar-refractivity contribution is 5.80. The molecule has 2 atom stereocenters. The molecule has 0 aromatic carbocycles. The van der Waals surface area contributed by atoms with Crippen LogP contribution in [0.5, 0.6) is 0 Å². The summed E-state index contributed by atoms with van der Waals surface area (Å²) in [4.78, 5) is 14.7. The first-order chi connectivity index (χ1) is 7.25. The summed E-state index contributed by atoms with van der Waals surface area (Å²) < 4.78 is 0. The van der Waals surface area contributed by atoms with Crippen molar-refractivity contribution in [1.82, 2.24) is 4.90 Å². The molecule has 2 unspecified atom stereocenters. The van der Waals surface area contributed by atoms with Crippen molar-refractivity contribution in [3.05, 3.63) is 0 Å². The molecule has 0 N–H and O–H groups in total. The summed E-state index contributed by atoms with van der Waals surface area (Å²) in [5.41, 5.74) is 0.0631. The summed E-state index contributed by atoms with van der Waals surface area (Å²) in [5.74, 6) is 0.931. The van der Waals surface area contributed by atoms with Gasteiger partial charge < -0.3 is 4.90 Å². The molecule has 1 aliphatic heterocycles. The fraction of sp³-hybridized carbons (Fsp3) is 0.929. The molecule has 0 saturated carbocycles. The lowest BCUT2D eigenvalue weighted by molar-refractivity contribution is -0.141. The van der Waals surface area contributed by atoms with Crippen molar-refractivity contribution in [1.29, 1.82) is 0 Å². The first-order valence-corrected chi connectivity index (χ1v) is 6.55. The second-order valence-electron chi connectivity index (χ2n) is 6.61. The Balaban J connectivity index is 2.83. The molecular formula is C14H27NO. The van der Waals surface area contributed by atoms with E-state index in [-0.39, 0.29) is 11.3 Å². The van der Waals surface area contributed by atoms with Crippen molar-refractivity contribution in [2.24, 2.45) is 17.3 Å². The first-order valence-electron chi connectivity index (χ1n) is 6.55. The van der Waals surface area contributed by atoms with Crippen molar-refractivity contribution >= 4 is 5.91 Å². The van der Waals surface area contributed by atoms with Gasteiger partial charge in [0.15, 0.2) is 0 Å². The third-order valence-electron chi connectivity index (χ3n) is 3.70. The molecule has 1 rings (SSSR count). The molecule has 0 radical (unpaired) electrons. The van der Waals surface area contributed by atoms with Crippen LogP contribution in [0.2, 0.25) is 0 Å². The van der Waals surface area contributed by atoms with Crippen LogP contribution in [0.3, 0.4) is 0 Å². The standard InChI is InChI=1S/C14H27NO/c1-10(2)12(14(4,5)6)13(16)15-9-7-8-11(15)3/h10-12H,7-9H2,1-6H3. The number of amides is 1. The van der Waals surface area contributed by atoms with E-state index in [9.17, 15) is 4.79 Å². The Kier molecular flexibility index (Phi) is 4.03. The zero-order valence-corrected chi connectivity index (χ0v) is 11.7. The van der Waals surface area contributed by atoms with Crippen molar-refractivity contribution in [2.45, 2.75) is 60.4 Å². The minimum atomic E-state index is 0.0631. The van der Waals surface area contributed by atoms with Crippen LogP contribution in [-0.2, 0) is 4.79 Å². The van der Waals surface area contributed by atoms with Crippen LogP contribution in [0.4, 0.5) is 0 Å². The lowest BCUT2D eigenvalue weighted by Crippen LogP contribution is -2.45. The lowest BCUT2D eigenvalue weighted by atomic mass is 9.73. The molecule has 2 heteroatoms. The highest BCUT2D eigenvalue weighted by Crippen LogP contribution is 2.35. The van der Waals surface area contributed by atoms with Gasteiger partial charge in [0.05, 0.1) is 0 Å². The molecule has 0 spiro atoms. The second-order valence-corrected chi connectivity index (χ2v) is 6.61. The Bertz CT molecular complexity index is 252. The number of carbonyl (C=O) groups excluding carboxylic acids is 1. The van der Waals surface area contributed by atoms with Crippen molar-refractivity contribution in [3.63, 3.8) is 0 Å². The first kappa shape index (κ1) is 13.5. The van der Waals surface area contributed by atoms with Crippen LogP contribution in [-0.4, -0.2) is 23.4 Å². The van der Waals surface area contributed by atoms with E-state index in [1.807, 2.05) is 0 Å². The van der Waals surface area contributed by atoms with Gasteiger partial charge in [-0.05, 0) is 31.1 Å². The van der Waals surface area contributed by atoms with E-state index < -0.39 is 0 Å². The van der Waals surface area contributed by atoms with Gasteiger partial charge in [-0.25, -0.2) is 0 Å². The molecule has 1 heterocycles. The van der Waals surface area contributed by atoms with Gasteiger partial charge in [-0.15, -0.1) is 0 Å². The summed E-state index contributed by atoms with van der Waals surface area (Å²) >= 11 is 0. The zero-order valence-electron chi connectivity index (χ0n) is 11.7. The molecule has 0 aliphatic carbocycles. The quantitative estimate of drug-likeness (QED) is 0.706. The van der Waals surface area contributed by atoms with Crippen LogP contribution in [0, 0.1) is 17.3 Å². The van der Waals surface area contributed by atoms with Gasteiger partial charge in [0.1, 0.15) is 0 Å². The highest BCUT2D eigenvalue weighted by Gasteiger charge is 2.38.